The summed E-state index contributed by atoms with van der Waals surface area (Å²) in [6.07, 6.45) is 0. The van der Waals surface area contributed by atoms with Crippen LogP contribution in [0.3, 0.4) is 0 Å². The predicted octanol–water partition coefficient (Wildman–Crippen LogP) is 5.18. The predicted molar refractivity (Wildman–Crippen MR) is 138 cm³/mol. The van der Waals surface area contributed by atoms with Gasteiger partial charge >= 0.3 is 0 Å². The minimum absolute atomic E-state index is 0.0901. The lowest BCUT2D eigenvalue weighted by Gasteiger charge is -2.33. The first-order chi connectivity index (χ1) is 17.0. The molecule has 7 nitrogen and oxygen atoms in total. The lowest BCUT2D eigenvalue weighted by molar-refractivity contribution is -0.116. The molecule has 5 rings (SSSR count). The van der Waals surface area contributed by atoms with Gasteiger partial charge in [0.05, 0.1) is 6.04 Å². The monoisotopic (exact) mass is 485 g/mol. The van der Waals surface area contributed by atoms with Crippen molar-refractivity contribution in [1.82, 2.24) is 14.9 Å². The van der Waals surface area contributed by atoms with Crippen LogP contribution in [0.1, 0.15) is 34.1 Å². The molecule has 0 aliphatic carbocycles. The van der Waals surface area contributed by atoms with Gasteiger partial charge in [-0.3, -0.25) is 4.79 Å². The number of nitrogens with zero attached hydrogens (tertiary/aromatic N) is 3. The van der Waals surface area contributed by atoms with Crippen molar-refractivity contribution in [2.45, 2.75) is 43.8 Å². The molecule has 1 amide bonds. The van der Waals surface area contributed by atoms with E-state index in [0.29, 0.717) is 11.0 Å². The molecular formula is C27H27N5O2S. The Labute approximate surface area is 208 Å². The zero-order valence-electron chi connectivity index (χ0n) is 19.9. The third kappa shape index (κ3) is 5.02. The van der Waals surface area contributed by atoms with Crippen LogP contribution >= 0.6 is 11.8 Å². The molecule has 178 valence electrons. The number of aromatic nitrogens is 3. The zero-order valence-corrected chi connectivity index (χ0v) is 20.7. The van der Waals surface area contributed by atoms with Gasteiger partial charge < -0.3 is 15.5 Å². The number of rotatable bonds is 6. The molecule has 1 aromatic heterocycles. The van der Waals surface area contributed by atoms with Crippen molar-refractivity contribution in [2.75, 3.05) is 10.7 Å². The van der Waals surface area contributed by atoms with E-state index in [1.165, 1.54) is 17.3 Å². The van der Waals surface area contributed by atoms with Crippen LogP contribution in [0.5, 0.6) is 5.75 Å². The smallest absolute Gasteiger partial charge is 0.240 e. The second kappa shape index (κ2) is 9.84. The van der Waals surface area contributed by atoms with Crippen molar-refractivity contribution >= 4 is 23.4 Å². The third-order valence-corrected chi connectivity index (χ3v) is 7.30. The van der Waals surface area contributed by atoms with Gasteiger partial charge in [0.25, 0.3) is 0 Å². The van der Waals surface area contributed by atoms with Crippen molar-refractivity contribution in [3.05, 3.63) is 101 Å². The number of nitrogens with one attached hydrogen (secondary N) is 2. The molecule has 2 unspecified atom stereocenters. The highest BCUT2D eigenvalue weighted by molar-refractivity contribution is 8.00. The quantitative estimate of drug-likeness (QED) is 0.392. The van der Waals surface area contributed by atoms with Crippen molar-refractivity contribution < 1.29 is 9.53 Å². The lowest BCUT2D eigenvalue weighted by atomic mass is 10.0. The van der Waals surface area contributed by atoms with E-state index in [-0.39, 0.29) is 18.6 Å². The molecule has 8 heteroatoms. The van der Waals surface area contributed by atoms with E-state index in [1.807, 2.05) is 67.1 Å². The average Bonchev–Trinajstić information content (AvgIpc) is 3.27. The second-order valence-corrected chi connectivity index (χ2v) is 9.79. The number of para-hydroxylation sites is 1. The van der Waals surface area contributed by atoms with Crippen LogP contribution in [0.2, 0.25) is 0 Å². The van der Waals surface area contributed by atoms with E-state index in [9.17, 15) is 4.79 Å². The van der Waals surface area contributed by atoms with E-state index >= 15 is 0 Å². The molecule has 0 saturated carbocycles. The summed E-state index contributed by atoms with van der Waals surface area (Å²) in [5.41, 5.74) is 8.76. The van der Waals surface area contributed by atoms with Gasteiger partial charge in [-0.05, 0) is 61.7 Å². The summed E-state index contributed by atoms with van der Waals surface area (Å²) in [4.78, 5) is 13.5. The summed E-state index contributed by atoms with van der Waals surface area (Å²) in [6, 6.07) is 23.5. The summed E-state index contributed by atoms with van der Waals surface area (Å²) >= 11 is 1.40. The Balaban J connectivity index is 1.42. The first-order valence-corrected chi connectivity index (χ1v) is 12.4. The van der Waals surface area contributed by atoms with Crippen LogP contribution in [-0.4, -0.2) is 26.0 Å². The molecule has 2 N–H and O–H groups in total. The first kappa shape index (κ1) is 23.0. The number of anilines is 1. The number of amides is 1. The zero-order chi connectivity index (χ0) is 24.4. The minimum Gasteiger partial charge on any atom is -0.486 e. The van der Waals surface area contributed by atoms with Gasteiger partial charge in [-0.1, -0.05) is 65.9 Å². The second-order valence-electron chi connectivity index (χ2n) is 8.68. The van der Waals surface area contributed by atoms with Gasteiger partial charge in [-0.15, -0.1) is 10.2 Å². The number of hydrogen-bond donors (Lipinski definition) is 2. The van der Waals surface area contributed by atoms with Crippen LogP contribution in [0, 0.1) is 20.8 Å². The summed E-state index contributed by atoms with van der Waals surface area (Å²) < 4.78 is 7.73. The van der Waals surface area contributed by atoms with E-state index in [2.05, 4.69) is 52.1 Å². The first-order valence-electron chi connectivity index (χ1n) is 11.5. The van der Waals surface area contributed by atoms with Crippen LogP contribution < -0.4 is 15.5 Å². The average molecular weight is 486 g/mol. The number of aryl methyl sites for hydroxylation is 3. The maximum Gasteiger partial charge on any atom is 0.240 e. The number of fused-ring (bicyclic) bond motifs is 1. The number of benzene rings is 3. The van der Waals surface area contributed by atoms with Gasteiger partial charge in [-0.2, -0.15) is 0 Å². The van der Waals surface area contributed by atoms with Gasteiger partial charge in [0.2, 0.25) is 11.1 Å². The highest BCUT2D eigenvalue weighted by Crippen LogP contribution is 2.38. The van der Waals surface area contributed by atoms with Crippen LogP contribution in [0.25, 0.3) is 0 Å². The van der Waals surface area contributed by atoms with E-state index in [4.69, 9.17) is 4.74 Å². The Kier molecular flexibility index (Phi) is 6.46. The van der Waals surface area contributed by atoms with Gasteiger partial charge in [0.1, 0.15) is 17.6 Å². The number of hydrogen-bond acceptors (Lipinski definition) is 6. The standard InChI is InChI=1S/C27H27N5O2S/c1-17-9-12-20(13-10-17)24-25(26(33)28-21-14-11-18(2)19(3)15-21)35-27-30-29-23(32(27)31-24)16-34-22-7-5-4-6-8-22/h4-15,24-25,31H,16H2,1-3H3,(H,28,33). The molecule has 0 bridgehead atoms. The summed E-state index contributed by atoms with van der Waals surface area (Å²) in [5, 5.41) is 11.9. The Morgan fingerprint density at radius 2 is 1.77 bits per heavy atom. The third-order valence-electron chi connectivity index (χ3n) is 6.08. The normalized spacial score (nSPS) is 16.8. The van der Waals surface area contributed by atoms with Crippen LogP contribution in [0.15, 0.2) is 78.0 Å². The molecule has 4 aromatic rings. The van der Waals surface area contributed by atoms with E-state index in [0.717, 1.165) is 28.1 Å². The van der Waals surface area contributed by atoms with Crippen LogP contribution in [-0.2, 0) is 11.4 Å². The molecule has 0 fully saturated rings. The largest absolute Gasteiger partial charge is 0.486 e. The molecule has 3 aromatic carbocycles. The van der Waals surface area contributed by atoms with E-state index in [1.54, 1.807) is 0 Å². The van der Waals surface area contributed by atoms with Gasteiger partial charge in [0, 0.05) is 5.69 Å². The van der Waals surface area contributed by atoms with Crippen molar-refractivity contribution in [2.24, 2.45) is 0 Å². The SMILES string of the molecule is Cc1ccc(C2Nn3c(COc4ccccc4)nnc3SC2C(=O)Nc2ccc(C)c(C)c2)cc1. The highest BCUT2D eigenvalue weighted by Gasteiger charge is 2.38. The fraction of sp³-hybridized carbons (Fsp3) is 0.222. The number of carbonyl (C=O) groups excluding carboxylic acids is 1. The van der Waals surface area contributed by atoms with Crippen molar-refractivity contribution in [1.29, 1.82) is 0 Å². The fourth-order valence-corrected chi connectivity index (χ4v) is 5.01. The molecular weight excluding hydrogens is 458 g/mol. The number of ether oxygens (including phenoxy) is 1. The lowest BCUT2D eigenvalue weighted by Crippen LogP contribution is -2.41. The molecule has 2 atom stereocenters. The maximum absolute atomic E-state index is 13.5. The highest BCUT2D eigenvalue weighted by atomic mass is 32.2. The molecule has 35 heavy (non-hydrogen) atoms. The molecule has 1 aliphatic heterocycles. The fourth-order valence-electron chi connectivity index (χ4n) is 3.91. The minimum atomic E-state index is -0.445. The van der Waals surface area contributed by atoms with Crippen LogP contribution in [0.4, 0.5) is 5.69 Å². The van der Waals surface area contributed by atoms with Crippen molar-refractivity contribution in [3.8, 4) is 5.75 Å². The Morgan fingerprint density at radius 3 is 2.51 bits per heavy atom. The maximum atomic E-state index is 13.5. The molecule has 0 spiro atoms. The Hall–Kier alpha value is -3.78. The van der Waals surface area contributed by atoms with Gasteiger partial charge in [-0.25, -0.2) is 4.68 Å². The van der Waals surface area contributed by atoms with E-state index < -0.39 is 5.25 Å². The summed E-state index contributed by atoms with van der Waals surface area (Å²) in [7, 11) is 0. The number of thioether (sulfide) groups is 1. The molecule has 2 heterocycles. The Morgan fingerprint density at radius 1 is 1.00 bits per heavy atom. The van der Waals surface area contributed by atoms with Gasteiger partial charge in [0.15, 0.2) is 5.82 Å². The number of carbonyl (C=O) groups is 1. The van der Waals surface area contributed by atoms with Crippen molar-refractivity contribution in [3.63, 3.8) is 0 Å². The Bertz CT molecular complexity index is 1340. The molecule has 0 saturated heterocycles. The molecule has 1 aliphatic rings. The molecule has 0 radical (unpaired) electrons. The topological polar surface area (TPSA) is 81.1 Å². The summed E-state index contributed by atoms with van der Waals surface area (Å²) in [5.74, 6) is 1.31. The summed E-state index contributed by atoms with van der Waals surface area (Å²) in [6.45, 7) is 6.40.